The van der Waals surface area contributed by atoms with Crippen LogP contribution in [0.3, 0.4) is 0 Å². The average Bonchev–Trinajstić information content (AvgIpc) is 3.50. The summed E-state index contributed by atoms with van der Waals surface area (Å²) in [6, 6.07) is 16.0. The van der Waals surface area contributed by atoms with Crippen molar-refractivity contribution < 1.29 is 24.2 Å². The third kappa shape index (κ3) is 8.33. The minimum atomic E-state index is -1.08. The van der Waals surface area contributed by atoms with Crippen LogP contribution in [0, 0.1) is 41.4 Å². The fraction of sp³-hybridized carbons (Fsp3) is 0.620. The number of hydrogen-bond acceptors (Lipinski definition) is 6. The standard InChI is InChI=1S/C50H64ClN3O5/c1-31(30-59-45-13-18-52-44-9-3-6-32(2)47(44)45)20-38-26-35-11-12-41(58-19-5-10-46(55)53-29-42-36-22-33-21-34(24-36)25-37(42)23-33)28-43(35)49(38)14-16-50(17-15-49,48(56)57)54-40-8-4-7-39(51)27-40/h4,7-8,11-13,18,27-28,31-34,36-38,42,54H,3,5-6,9-10,14-17,19-26,29-30H2,1-2H3,(H,53,55)(H,56,57)/t31-,32-,33?,34?,36?,37?,38?,42?,49?,50?/m1/s1. The van der Waals surface area contributed by atoms with Gasteiger partial charge in [0.15, 0.2) is 0 Å². The number of ether oxygens (including phenoxy) is 2. The second kappa shape index (κ2) is 16.9. The highest BCUT2D eigenvalue weighted by atomic mass is 35.5. The molecular weight excluding hydrogens is 758 g/mol. The molecule has 7 aliphatic rings. The Kier molecular flexibility index (Phi) is 11.7. The summed E-state index contributed by atoms with van der Waals surface area (Å²) in [5.74, 6) is 6.44. The van der Waals surface area contributed by atoms with E-state index in [1.54, 1.807) is 0 Å². The van der Waals surface area contributed by atoms with Gasteiger partial charge in [-0.25, -0.2) is 4.79 Å². The van der Waals surface area contributed by atoms with Gasteiger partial charge in [0.1, 0.15) is 17.0 Å². The molecule has 316 valence electrons. The number of carboxylic acids is 1. The molecule has 8 nitrogen and oxygen atoms in total. The van der Waals surface area contributed by atoms with E-state index in [4.69, 9.17) is 21.1 Å². The van der Waals surface area contributed by atoms with Crippen molar-refractivity contribution in [1.82, 2.24) is 10.3 Å². The number of rotatable bonds is 15. The second-order valence-corrected chi connectivity index (χ2v) is 20.3. The monoisotopic (exact) mass is 821 g/mol. The summed E-state index contributed by atoms with van der Waals surface area (Å²) >= 11 is 6.32. The smallest absolute Gasteiger partial charge is 0.329 e. The molecule has 4 bridgehead atoms. The van der Waals surface area contributed by atoms with Gasteiger partial charge in [0.25, 0.3) is 0 Å². The van der Waals surface area contributed by atoms with Gasteiger partial charge in [-0.05, 0) is 197 Å². The Balaban J connectivity index is 0.862. The fourth-order valence-electron chi connectivity index (χ4n) is 13.3. The van der Waals surface area contributed by atoms with Crippen molar-refractivity contribution in [3.63, 3.8) is 0 Å². The van der Waals surface area contributed by atoms with E-state index in [0.29, 0.717) is 67.6 Å². The molecule has 2 aromatic carbocycles. The van der Waals surface area contributed by atoms with E-state index in [2.05, 4.69) is 47.7 Å². The van der Waals surface area contributed by atoms with E-state index < -0.39 is 11.5 Å². The summed E-state index contributed by atoms with van der Waals surface area (Å²) < 4.78 is 13.0. The van der Waals surface area contributed by atoms with Gasteiger partial charge in [-0.15, -0.1) is 0 Å². The van der Waals surface area contributed by atoms with Crippen LogP contribution in [0.1, 0.15) is 132 Å². The maximum Gasteiger partial charge on any atom is 0.329 e. The number of halogens is 1. The highest BCUT2D eigenvalue weighted by Crippen LogP contribution is 2.58. The number of benzene rings is 2. The van der Waals surface area contributed by atoms with Crippen molar-refractivity contribution in [3.8, 4) is 11.5 Å². The first kappa shape index (κ1) is 40.6. The third-order valence-corrected chi connectivity index (χ3v) is 16.3. The zero-order chi connectivity index (χ0) is 40.7. The van der Waals surface area contributed by atoms with Gasteiger partial charge in [0, 0.05) is 41.1 Å². The summed E-state index contributed by atoms with van der Waals surface area (Å²) in [7, 11) is 0. The molecular formula is C50H64ClN3O5. The van der Waals surface area contributed by atoms with Gasteiger partial charge >= 0.3 is 5.97 Å². The van der Waals surface area contributed by atoms with Gasteiger partial charge < -0.3 is 25.2 Å². The van der Waals surface area contributed by atoms with Crippen LogP contribution in [0.2, 0.25) is 5.02 Å². The van der Waals surface area contributed by atoms with Crippen molar-refractivity contribution in [2.24, 2.45) is 41.4 Å². The summed E-state index contributed by atoms with van der Waals surface area (Å²) in [5.41, 5.74) is 4.58. The zero-order valence-electron chi connectivity index (χ0n) is 35.2. The highest BCUT2D eigenvalue weighted by Gasteiger charge is 2.54. The van der Waals surface area contributed by atoms with E-state index in [1.807, 2.05) is 36.5 Å². The van der Waals surface area contributed by atoms with Crippen molar-refractivity contribution >= 4 is 29.2 Å². The molecule has 9 heteroatoms. The van der Waals surface area contributed by atoms with E-state index in [0.717, 1.165) is 79.5 Å². The molecule has 1 spiro atoms. The Hall–Kier alpha value is -3.78. The number of anilines is 1. The van der Waals surface area contributed by atoms with Gasteiger partial charge in [-0.2, -0.15) is 0 Å². The molecule has 59 heavy (non-hydrogen) atoms. The molecule has 7 aliphatic carbocycles. The summed E-state index contributed by atoms with van der Waals surface area (Å²) in [5, 5.41) is 18.0. The first-order chi connectivity index (χ1) is 28.6. The first-order valence-corrected chi connectivity index (χ1v) is 23.4. The van der Waals surface area contributed by atoms with E-state index in [-0.39, 0.29) is 11.3 Å². The predicted molar refractivity (Wildman–Crippen MR) is 232 cm³/mol. The Labute approximate surface area is 356 Å². The van der Waals surface area contributed by atoms with Crippen LogP contribution in [-0.2, 0) is 27.8 Å². The van der Waals surface area contributed by atoms with Gasteiger partial charge in [0.2, 0.25) is 5.91 Å². The van der Waals surface area contributed by atoms with Crippen LogP contribution < -0.4 is 20.1 Å². The number of hydrogen-bond donors (Lipinski definition) is 3. The number of nitrogens with zero attached hydrogens (tertiary/aromatic N) is 1. The maximum absolute atomic E-state index is 13.1. The van der Waals surface area contributed by atoms with Crippen LogP contribution in [0.4, 0.5) is 5.69 Å². The maximum atomic E-state index is 13.1. The minimum Gasteiger partial charge on any atom is -0.494 e. The minimum absolute atomic E-state index is 0.144. The molecule has 0 radical (unpaired) electrons. The van der Waals surface area contributed by atoms with Gasteiger partial charge in [-0.1, -0.05) is 37.6 Å². The average molecular weight is 823 g/mol. The summed E-state index contributed by atoms with van der Waals surface area (Å²) in [6.07, 6.45) is 17.8. The van der Waals surface area contributed by atoms with E-state index >= 15 is 0 Å². The molecule has 1 aromatic heterocycles. The molecule has 0 saturated heterocycles. The van der Waals surface area contributed by atoms with Crippen LogP contribution in [0.25, 0.3) is 0 Å². The lowest BCUT2D eigenvalue weighted by Crippen LogP contribution is -2.53. The van der Waals surface area contributed by atoms with Crippen LogP contribution in [0.15, 0.2) is 54.7 Å². The van der Waals surface area contributed by atoms with Crippen molar-refractivity contribution in [3.05, 3.63) is 82.1 Å². The molecule has 3 aromatic rings. The predicted octanol–water partition coefficient (Wildman–Crippen LogP) is 10.5. The molecule has 1 unspecified atom stereocenters. The Morgan fingerprint density at radius 2 is 1.76 bits per heavy atom. The number of aryl methyl sites for hydroxylation is 1. The topological polar surface area (TPSA) is 110 Å². The highest BCUT2D eigenvalue weighted by molar-refractivity contribution is 6.30. The summed E-state index contributed by atoms with van der Waals surface area (Å²) in [4.78, 5) is 30.7. The fourth-order valence-corrected chi connectivity index (χ4v) is 13.5. The van der Waals surface area contributed by atoms with Crippen molar-refractivity contribution in [2.75, 3.05) is 25.1 Å². The Morgan fingerprint density at radius 3 is 2.51 bits per heavy atom. The quantitative estimate of drug-likeness (QED) is 0.131. The Morgan fingerprint density at radius 1 is 0.983 bits per heavy atom. The van der Waals surface area contributed by atoms with Crippen LogP contribution >= 0.6 is 11.6 Å². The molecule has 10 rings (SSSR count). The number of nitrogens with one attached hydrogen (secondary N) is 2. The number of amides is 1. The molecule has 3 N–H and O–H groups in total. The number of carbonyl (C=O) groups is 2. The SMILES string of the molecule is C[C@@H](COc1ccnc2c1[C@H](C)CCC2)CC1Cc2ccc(OCCCC(=O)NCC3C4CC5CC(C4)CC3C5)cc2C12CCC(Nc1cccc(Cl)c1)(C(=O)O)CC2. The molecule has 1 amide bonds. The van der Waals surface area contributed by atoms with Crippen LogP contribution in [-0.4, -0.2) is 47.3 Å². The van der Waals surface area contributed by atoms with E-state index in [1.165, 1.54) is 67.3 Å². The normalized spacial score (nSPS) is 31.9. The number of aliphatic carboxylic acids is 1. The first-order valence-electron chi connectivity index (χ1n) is 23.0. The number of aromatic nitrogens is 1. The lowest BCUT2D eigenvalue weighted by Gasteiger charge is -2.54. The van der Waals surface area contributed by atoms with Crippen molar-refractivity contribution in [1.29, 1.82) is 0 Å². The van der Waals surface area contributed by atoms with E-state index in [9.17, 15) is 14.7 Å². The molecule has 1 heterocycles. The number of carbonyl (C=O) groups excluding carboxylic acids is 1. The zero-order valence-corrected chi connectivity index (χ0v) is 35.9. The Bertz CT molecular complexity index is 1980. The van der Waals surface area contributed by atoms with Crippen molar-refractivity contribution in [2.45, 2.75) is 133 Å². The second-order valence-electron chi connectivity index (χ2n) is 19.9. The molecule has 3 atom stereocenters. The lowest BCUT2D eigenvalue weighted by molar-refractivity contribution is -0.144. The lowest BCUT2D eigenvalue weighted by atomic mass is 9.52. The number of pyridine rings is 1. The third-order valence-electron chi connectivity index (χ3n) is 16.0. The molecule has 5 saturated carbocycles. The largest absolute Gasteiger partial charge is 0.494 e. The van der Waals surface area contributed by atoms with Gasteiger partial charge in [0.05, 0.1) is 13.2 Å². The molecule has 5 fully saturated rings. The molecule has 0 aliphatic heterocycles. The number of fused-ring (bicyclic) bond motifs is 3. The summed E-state index contributed by atoms with van der Waals surface area (Å²) in [6.45, 7) is 6.54. The van der Waals surface area contributed by atoms with Crippen LogP contribution in [0.5, 0.6) is 11.5 Å². The van der Waals surface area contributed by atoms with Gasteiger partial charge in [-0.3, -0.25) is 9.78 Å². The number of carboxylic acid groups (broad SMARTS) is 1.